The summed E-state index contributed by atoms with van der Waals surface area (Å²) >= 11 is 0. The highest BCUT2D eigenvalue weighted by atomic mass is 16.5. The minimum absolute atomic E-state index is 0.0313. The highest BCUT2D eigenvalue weighted by Gasteiger charge is 2.41. The first-order valence-electron chi connectivity index (χ1n) is 17.5. The van der Waals surface area contributed by atoms with Gasteiger partial charge in [0.25, 0.3) is 5.91 Å². The van der Waals surface area contributed by atoms with Crippen LogP contribution in [0.1, 0.15) is 98.8 Å². The topological polar surface area (TPSA) is 105 Å². The van der Waals surface area contributed by atoms with Crippen LogP contribution in [-0.4, -0.2) is 53.0 Å². The van der Waals surface area contributed by atoms with E-state index in [2.05, 4.69) is 52.2 Å². The summed E-state index contributed by atoms with van der Waals surface area (Å²) in [5, 5.41) is 10.2. The summed E-state index contributed by atoms with van der Waals surface area (Å²) in [6, 6.07) is 14.9. The molecule has 0 bridgehead atoms. The first-order chi connectivity index (χ1) is 22.8. The first-order valence-corrected chi connectivity index (χ1v) is 17.5. The number of allylic oxidation sites excluding steroid dienone is 1. The van der Waals surface area contributed by atoms with Crippen LogP contribution in [0.3, 0.4) is 0 Å². The van der Waals surface area contributed by atoms with Crippen LogP contribution in [-0.2, 0) is 15.0 Å². The number of piperidine rings is 1. The highest BCUT2D eigenvalue weighted by molar-refractivity contribution is 6.01. The molecule has 2 aromatic carbocycles. The number of hydrogen-bond donors (Lipinski definition) is 2. The van der Waals surface area contributed by atoms with Crippen molar-refractivity contribution in [1.82, 2.24) is 20.7 Å². The Morgan fingerprint density at radius 3 is 2.45 bits per heavy atom. The van der Waals surface area contributed by atoms with Crippen molar-refractivity contribution in [1.29, 1.82) is 0 Å². The lowest BCUT2D eigenvalue weighted by atomic mass is 9.74. The van der Waals surface area contributed by atoms with E-state index in [0.717, 1.165) is 56.1 Å². The number of aromatic nitrogens is 1. The van der Waals surface area contributed by atoms with Crippen LogP contribution in [0.4, 0.5) is 0 Å². The van der Waals surface area contributed by atoms with Gasteiger partial charge in [-0.25, -0.2) is 0 Å². The van der Waals surface area contributed by atoms with E-state index in [0.29, 0.717) is 31.0 Å². The number of rotatable bonds is 10. The van der Waals surface area contributed by atoms with Crippen LogP contribution in [0.5, 0.6) is 0 Å². The lowest BCUT2D eigenvalue weighted by molar-refractivity contribution is -0.139. The molecular weight excluding hydrogens is 588 g/mol. The van der Waals surface area contributed by atoms with Crippen molar-refractivity contribution in [2.24, 2.45) is 11.8 Å². The molecule has 3 aliphatic rings. The molecule has 1 saturated carbocycles. The standard InChI is InChI=1S/C39H48N4O4/c1-4-27(3)34(38(46)43-22-20-39(21-23-43)19-18-30-12-8-9-13-32(30)39)41-36(44)33(24-28-10-6-5-7-11-28)40-37(45)35-31(25-47-42-35)29-16-14-26(2)15-17-29/h8-9,12-19,25,27-28,33-34H,4-7,10-11,20-24H2,1-3H3,(H,40,45)(H,41,44)/t27-,33-,34-/m0/s1. The summed E-state index contributed by atoms with van der Waals surface area (Å²) in [7, 11) is 0. The second-order valence-electron chi connectivity index (χ2n) is 14.0. The third kappa shape index (κ3) is 7.07. The molecule has 0 unspecified atom stereocenters. The molecule has 2 aliphatic carbocycles. The van der Waals surface area contributed by atoms with E-state index in [-0.39, 0.29) is 28.8 Å². The van der Waals surface area contributed by atoms with E-state index in [1.807, 2.05) is 49.9 Å². The van der Waals surface area contributed by atoms with Gasteiger partial charge < -0.3 is 20.1 Å². The Morgan fingerprint density at radius 2 is 1.72 bits per heavy atom. The summed E-state index contributed by atoms with van der Waals surface area (Å²) in [6.45, 7) is 7.33. The normalized spacial score (nSPS) is 19.2. The molecule has 3 atom stereocenters. The average Bonchev–Trinajstić information content (AvgIpc) is 3.73. The van der Waals surface area contributed by atoms with Crippen molar-refractivity contribution >= 4 is 23.8 Å². The van der Waals surface area contributed by atoms with Crippen molar-refractivity contribution < 1.29 is 18.9 Å². The number of likely N-dealkylation sites (tertiary alicyclic amines) is 1. The lowest BCUT2D eigenvalue weighted by Gasteiger charge is -2.41. The Labute approximate surface area is 278 Å². The van der Waals surface area contributed by atoms with Crippen LogP contribution < -0.4 is 10.6 Å². The van der Waals surface area contributed by atoms with Crippen molar-refractivity contribution in [3.63, 3.8) is 0 Å². The fraction of sp³-hybridized carbons (Fsp3) is 0.487. The molecule has 0 radical (unpaired) electrons. The molecule has 1 aromatic heterocycles. The minimum Gasteiger partial charge on any atom is -0.363 e. The number of benzene rings is 2. The second-order valence-corrected chi connectivity index (χ2v) is 14.0. The van der Waals surface area contributed by atoms with Gasteiger partial charge in [0, 0.05) is 18.5 Å². The van der Waals surface area contributed by atoms with Gasteiger partial charge in [0.1, 0.15) is 18.3 Å². The number of carbonyl (C=O) groups is 3. The summed E-state index contributed by atoms with van der Waals surface area (Å²) in [4.78, 5) is 43.9. The van der Waals surface area contributed by atoms with Gasteiger partial charge in [0.2, 0.25) is 11.8 Å². The van der Waals surface area contributed by atoms with Gasteiger partial charge in [-0.15, -0.1) is 0 Å². The summed E-state index contributed by atoms with van der Waals surface area (Å²) in [6.07, 6.45) is 14.5. The van der Waals surface area contributed by atoms with Crippen molar-refractivity contribution in [2.45, 2.75) is 96.1 Å². The molecule has 8 nitrogen and oxygen atoms in total. The third-order valence-electron chi connectivity index (χ3n) is 10.9. The Kier molecular flexibility index (Phi) is 9.95. The third-order valence-corrected chi connectivity index (χ3v) is 10.9. The Hall–Kier alpha value is -4.20. The number of fused-ring (bicyclic) bond motifs is 2. The molecular formula is C39H48N4O4. The molecule has 6 rings (SSSR count). The number of nitrogens with zero attached hydrogens (tertiary/aromatic N) is 2. The smallest absolute Gasteiger partial charge is 0.274 e. The Bertz CT molecular complexity index is 1590. The molecule has 8 heteroatoms. The van der Waals surface area contributed by atoms with E-state index < -0.39 is 18.0 Å². The van der Waals surface area contributed by atoms with E-state index in [4.69, 9.17) is 4.52 Å². The first kappa shape index (κ1) is 32.7. The van der Waals surface area contributed by atoms with E-state index >= 15 is 0 Å². The fourth-order valence-electron chi connectivity index (χ4n) is 7.68. The number of carbonyl (C=O) groups excluding carboxylic acids is 3. The van der Waals surface area contributed by atoms with Crippen LogP contribution in [0.25, 0.3) is 17.2 Å². The molecule has 248 valence electrons. The zero-order valence-corrected chi connectivity index (χ0v) is 28.0. The maximum Gasteiger partial charge on any atom is 0.274 e. The number of hydrogen-bond acceptors (Lipinski definition) is 5. The van der Waals surface area contributed by atoms with Gasteiger partial charge in [0.15, 0.2) is 5.69 Å². The summed E-state index contributed by atoms with van der Waals surface area (Å²) in [5.41, 5.74) is 5.23. The van der Waals surface area contributed by atoms with Crippen LogP contribution >= 0.6 is 0 Å². The van der Waals surface area contributed by atoms with E-state index in [1.54, 1.807) is 0 Å². The zero-order valence-electron chi connectivity index (χ0n) is 28.0. The average molecular weight is 637 g/mol. The minimum atomic E-state index is -0.794. The SMILES string of the molecule is CC[C@H](C)[C@H](NC(=O)[C@H](CC1CCCCC1)NC(=O)c1nocc1-c1ccc(C)cc1)C(=O)N1CCC2(C=Cc3ccccc32)CC1. The molecule has 1 spiro atoms. The molecule has 47 heavy (non-hydrogen) atoms. The molecule has 2 N–H and O–H groups in total. The van der Waals surface area contributed by atoms with Crippen molar-refractivity contribution in [3.05, 3.63) is 83.3 Å². The quantitative estimate of drug-likeness (QED) is 0.254. The highest BCUT2D eigenvalue weighted by Crippen LogP contribution is 2.43. The van der Waals surface area contributed by atoms with Gasteiger partial charge >= 0.3 is 0 Å². The van der Waals surface area contributed by atoms with Crippen LogP contribution in [0.15, 0.2) is 65.4 Å². The summed E-state index contributed by atoms with van der Waals surface area (Å²) in [5.74, 6) is -0.554. The monoisotopic (exact) mass is 636 g/mol. The van der Waals surface area contributed by atoms with Gasteiger partial charge in [-0.2, -0.15) is 0 Å². The predicted molar refractivity (Wildman–Crippen MR) is 183 cm³/mol. The number of amides is 3. The molecule has 2 fully saturated rings. The maximum absolute atomic E-state index is 14.1. The van der Waals surface area contributed by atoms with E-state index in [1.165, 1.54) is 23.8 Å². The summed E-state index contributed by atoms with van der Waals surface area (Å²) < 4.78 is 5.24. The van der Waals surface area contributed by atoms with E-state index in [9.17, 15) is 14.4 Å². The molecule has 3 aromatic rings. The van der Waals surface area contributed by atoms with Gasteiger partial charge in [-0.05, 0) is 54.7 Å². The Morgan fingerprint density at radius 1 is 1.00 bits per heavy atom. The number of aryl methyl sites for hydroxylation is 1. The van der Waals surface area contributed by atoms with Gasteiger partial charge in [-0.1, -0.05) is 124 Å². The lowest BCUT2D eigenvalue weighted by Crippen LogP contribution is -2.58. The fourth-order valence-corrected chi connectivity index (χ4v) is 7.68. The molecule has 3 amide bonds. The van der Waals surface area contributed by atoms with Crippen molar-refractivity contribution in [3.8, 4) is 11.1 Å². The predicted octanol–water partition coefficient (Wildman–Crippen LogP) is 6.84. The molecule has 1 saturated heterocycles. The maximum atomic E-state index is 14.1. The zero-order chi connectivity index (χ0) is 33.0. The molecule has 1 aliphatic heterocycles. The van der Waals surface area contributed by atoms with Crippen LogP contribution in [0.2, 0.25) is 0 Å². The molecule has 2 heterocycles. The van der Waals surface area contributed by atoms with Gasteiger partial charge in [-0.3, -0.25) is 14.4 Å². The van der Waals surface area contributed by atoms with Crippen molar-refractivity contribution in [2.75, 3.05) is 13.1 Å². The Balaban J connectivity index is 1.17. The van der Waals surface area contributed by atoms with Crippen LogP contribution in [0, 0.1) is 18.8 Å². The van der Waals surface area contributed by atoms with Gasteiger partial charge in [0.05, 0.1) is 5.56 Å². The second kappa shape index (κ2) is 14.3. The largest absolute Gasteiger partial charge is 0.363 e. The number of nitrogens with one attached hydrogen (secondary N) is 2.